The van der Waals surface area contributed by atoms with E-state index in [0.29, 0.717) is 21.4 Å². The Morgan fingerprint density at radius 1 is 1.18 bits per heavy atom. The molecule has 0 aliphatic carbocycles. The maximum atomic E-state index is 11.6. The van der Waals surface area contributed by atoms with E-state index in [0.717, 1.165) is 14.6 Å². The van der Waals surface area contributed by atoms with Gasteiger partial charge in [-0.05, 0) is 63.8 Å². The van der Waals surface area contributed by atoms with Crippen LogP contribution in [-0.4, -0.2) is 13.1 Å². The number of hydrogen-bond acceptors (Lipinski definition) is 4. The van der Waals surface area contributed by atoms with E-state index in [1.54, 1.807) is 30.3 Å². The van der Waals surface area contributed by atoms with Crippen molar-refractivity contribution in [2.75, 3.05) is 7.11 Å². The second-order valence-electron chi connectivity index (χ2n) is 4.48. The maximum absolute atomic E-state index is 11.6. The monoisotopic (exact) mass is 396 g/mol. The summed E-state index contributed by atoms with van der Waals surface area (Å²) in [6, 6.07) is 12.7. The molecule has 0 aliphatic rings. The first-order valence-corrected chi connectivity index (χ1v) is 8.30. The molecule has 6 heteroatoms. The van der Waals surface area contributed by atoms with E-state index in [9.17, 15) is 4.79 Å². The van der Waals surface area contributed by atoms with E-state index in [1.807, 2.05) is 12.1 Å². The first kappa shape index (κ1) is 15.3. The van der Waals surface area contributed by atoms with Gasteiger partial charge in [0.1, 0.15) is 16.4 Å². The molecule has 2 aromatic carbocycles. The standard InChI is InChI=1S/C16H10BrClO3S/c1-20-16(19)15-7-9-6-13(12(17)8-14(9)22-15)21-11-4-2-10(18)3-5-11/h2-8H,1H3. The predicted molar refractivity (Wildman–Crippen MR) is 92.4 cm³/mol. The van der Waals surface area contributed by atoms with Crippen LogP contribution in [0.15, 0.2) is 46.9 Å². The lowest BCUT2D eigenvalue weighted by atomic mass is 10.2. The first-order valence-electron chi connectivity index (χ1n) is 6.31. The van der Waals surface area contributed by atoms with Crippen LogP contribution in [-0.2, 0) is 4.74 Å². The van der Waals surface area contributed by atoms with Crippen molar-refractivity contribution in [1.82, 2.24) is 0 Å². The molecule has 0 aliphatic heterocycles. The van der Waals surface area contributed by atoms with Crippen molar-refractivity contribution < 1.29 is 14.3 Å². The molecule has 0 amide bonds. The third-order valence-corrected chi connectivity index (χ3v) is 4.95. The van der Waals surface area contributed by atoms with Gasteiger partial charge in [-0.15, -0.1) is 11.3 Å². The predicted octanol–water partition coefficient (Wildman–Crippen LogP) is 5.90. The molecule has 0 fully saturated rings. The van der Waals surface area contributed by atoms with E-state index >= 15 is 0 Å². The number of benzene rings is 2. The van der Waals surface area contributed by atoms with Gasteiger partial charge in [0.25, 0.3) is 0 Å². The Morgan fingerprint density at radius 3 is 2.59 bits per heavy atom. The number of fused-ring (bicyclic) bond motifs is 1. The van der Waals surface area contributed by atoms with Gasteiger partial charge in [-0.3, -0.25) is 0 Å². The summed E-state index contributed by atoms with van der Waals surface area (Å²) in [7, 11) is 1.37. The molecule has 3 rings (SSSR count). The van der Waals surface area contributed by atoms with Crippen LogP contribution in [0.25, 0.3) is 10.1 Å². The highest BCUT2D eigenvalue weighted by atomic mass is 79.9. The summed E-state index contributed by atoms with van der Waals surface area (Å²) in [6.07, 6.45) is 0. The van der Waals surface area contributed by atoms with E-state index in [-0.39, 0.29) is 5.97 Å². The molecule has 112 valence electrons. The smallest absolute Gasteiger partial charge is 0.348 e. The Hall–Kier alpha value is -1.56. The van der Waals surface area contributed by atoms with Gasteiger partial charge in [-0.2, -0.15) is 0 Å². The average Bonchev–Trinajstić information content (AvgIpc) is 2.91. The SMILES string of the molecule is COC(=O)c1cc2cc(Oc3ccc(Cl)cc3)c(Br)cc2s1. The lowest BCUT2D eigenvalue weighted by molar-refractivity contribution is 0.0606. The molecule has 0 spiro atoms. The number of hydrogen-bond donors (Lipinski definition) is 0. The minimum Gasteiger partial charge on any atom is -0.465 e. The summed E-state index contributed by atoms with van der Waals surface area (Å²) in [4.78, 5) is 12.2. The molecule has 0 saturated heterocycles. The zero-order valence-electron chi connectivity index (χ0n) is 11.4. The van der Waals surface area contributed by atoms with Gasteiger partial charge in [0.15, 0.2) is 0 Å². The summed E-state index contributed by atoms with van der Waals surface area (Å²) >= 11 is 10.7. The van der Waals surface area contributed by atoms with Gasteiger partial charge in [0, 0.05) is 9.72 Å². The molecule has 1 heterocycles. The number of carbonyl (C=O) groups excluding carboxylic acids is 1. The second-order valence-corrected chi connectivity index (χ2v) is 6.85. The van der Waals surface area contributed by atoms with E-state index in [2.05, 4.69) is 15.9 Å². The number of carbonyl (C=O) groups is 1. The molecule has 0 unspecified atom stereocenters. The highest BCUT2D eigenvalue weighted by molar-refractivity contribution is 9.10. The number of methoxy groups -OCH3 is 1. The van der Waals surface area contributed by atoms with Crippen LogP contribution in [0, 0.1) is 0 Å². The molecular formula is C16H10BrClO3S. The van der Waals surface area contributed by atoms with E-state index in [1.165, 1.54) is 18.4 Å². The Kier molecular flexibility index (Phi) is 4.38. The van der Waals surface area contributed by atoms with Gasteiger partial charge in [0.2, 0.25) is 0 Å². The zero-order chi connectivity index (χ0) is 15.7. The molecule has 0 radical (unpaired) electrons. The third-order valence-electron chi connectivity index (χ3n) is 3.00. The van der Waals surface area contributed by atoms with Gasteiger partial charge >= 0.3 is 5.97 Å². The number of rotatable bonds is 3. The normalized spacial score (nSPS) is 10.7. The minimum absolute atomic E-state index is 0.336. The topological polar surface area (TPSA) is 35.5 Å². The largest absolute Gasteiger partial charge is 0.465 e. The first-order chi connectivity index (χ1) is 10.6. The molecule has 0 N–H and O–H groups in total. The Morgan fingerprint density at radius 2 is 1.91 bits per heavy atom. The molecule has 22 heavy (non-hydrogen) atoms. The van der Waals surface area contributed by atoms with Crippen molar-refractivity contribution in [3.63, 3.8) is 0 Å². The maximum Gasteiger partial charge on any atom is 0.348 e. The fourth-order valence-electron chi connectivity index (χ4n) is 1.95. The minimum atomic E-state index is -0.336. The lowest BCUT2D eigenvalue weighted by Crippen LogP contribution is -1.96. The molecule has 0 atom stereocenters. The fourth-order valence-corrected chi connectivity index (χ4v) is 3.65. The van der Waals surface area contributed by atoms with Crippen molar-refractivity contribution in [2.45, 2.75) is 0 Å². The molecule has 1 aromatic heterocycles. The number of ether oxygens (including phenoxy) is 2. The lowest BCUT2D eigenvalue weighted by Gasteiger charge is -2.08. The van der Waals surface area contributed by atoms with Crippen LogP contribution >= 0.6 is 38.9 Å². The highest BCUT2D eigenvalue weighted by Crippen LogP contribution is 2.37. The third kappa shape index (κ3) is 3.11. The van der Waals surface area contributed by atoms with Crippen molar-refractivity contribution in [3.8, 4) is 11.5 Å². The molecule has 3 nitrogen and oxygen atoms in total. The van der Waals surface area contributed by atoms with Gasteiger partial charge in [-0.25, -0.2) is 4.79 Å². The van der Waals surface area contributed by atoms with Crippen molar-refractivity contribution in [1.29, 1.82) is 0 Å². The summed E-state index contributed by atoms with van der Waals surface area (Å²) in [6.45, 7) is 0. The van der Waals surface area contributed by atoms with Crippen LogP contribution in [0.1, 0.15) is 9.67 Å². The molecule has 3 aromatic rings. The van der Waals surface area contributed by atoms with Crippen LogP contribution < -0.4 is 4.74 Å². The van der Waals surface area contributed by atoms with Crippen LogP contribution in [0.2, 0.25) is 5.02 Å². The average molecular weight is 398 g/mol. The zero-order valence-corrected chi connectivity index (χ0v) is 14.6. The van der Waals surface area contributed by atoms with Gasteiger partial charge < -0.3 is 9.47 Å². The number of thiophene rings is 1. The second kappa shape index (κ2) is 6.28. The van der Waals surface area contributed by atoms with Crippen LogP contribution in [0.4, 0.5) is 0 Å². The van der Waals surface area contributed by atoms with Gasteiger partial charge in [-0.1, -0.05) is 11.6 Å². The van der Waals surface area contributed by atoms with Crippen molar-refractivity contribution in [2.24, 2.45) is 0 Å². The summed E-state index contributed by atoms with van der Waals surface area (Å²) < 4.78 is 12.4. The quantitative estimate of drug-likeness (QED) is 0.516. The van der Waals surface area contributed by atoms with Crippen LogP contribution in [0.3, 0.4) is 0 Å². The highest BCUT2D eigenvalue weighted by Gasteiger charge is 2.13. The molecule has 0 saturated carbocycles. The van der Waals surface area contributed by atoms with Gasteiger partial charge in [0.05, 0.1) is 11.6 Å². The van der Waals surface area contributed by atoms with Crippen LogP contribution in [0.5, 0.6) is 11.5 Å². The van der Waals surface area contributed by atoms with E-state index in [4.69, 9.17) is 21.1 Å². The summed E-state index contributed by atoms with van der Waals surface area (Å²) in [5.74, 6) is 1.02. The number of halogens is 2. The Bertz CT molecular complexity index is 842. The Labute approximate surface area is 144 Å². The molecule has 0 bridgehead atoms. The molecular weight excluding hydrogens is 388 g/mol. The van der Waals surface area contributed by atoms with Crippen molar-refractivity contribution in [3.05, 3.63) is 56.8 Å². The number of esters is 1. The van der Waals surface area contributed by atoms with Crippen molar-refractivity contribution >= 4 is 54.9 Å². The Balaban J connectivity index is 1.97. The summed E-state index contributed by atoms with van der Waals surface area (Å²) in [5.41, 5.74) is 0. The van der Waals surface area contributed by atoms with E-state index < -0.39 is 0 Å². The fraction of sp³-hybridized carbons (Fsp3) is 0.0625. The summed E-state index contributed by atoms with van der Waals surface area (Å²) in [5, 5.41) is 1.58.